The number of amides is 2. The lowest BCUT2D eigenvalue weighted by Crippen LogP contribution is -2.48. The number of nitrogens with one attached hydrogen (secondary N) is 2. The molecule has 1 aliphatic carbocycles. The fourth-order valence-corrected chi connectivity index (χ4v) is 3.19. The maximum absolute atomic E-state index is 11.7. The van der Waals surface area contributed by atoms with E-state index in [4.69, 9.17) is 4.74 Å². The lowest BCUT2D eigenvalue weighted by atomic mass is 9.78. The maximum atomic E-state index is 11.7. The van der Waals surface area contributed by atoms with Crippen molar-refractivity contribution in [1.82, 2.24) is 20.6 Å². The van der Waals surface area contributed by atoms with Crippen LogP contribution in [0.2, 0.25) is 0 Å². The first kappa shape index (κ1) is 16.9. The normalized spacial score (nSPS) is 26.1. The van der Waals surface area contributed by atoms with Crippen molar-refractivity contribution in [2.75, 3.05) is 38.3 Å². The van der Waals surface area contributed by atoms with Crippen molar-refractivity contribution in [3.63, 3.8) is 0 Å². The minimum atomic E-state index is -0.266. The summed E-state index contributed by atoms with van der Waals surface area (Å²) < 4.78 is 4.90. The van der Waals surface area contributed by atoms with Gasteiger partial charge in [-0.2, -0.15) is 0 Å². The first-order valence-corrected chi connectivity index (χ1v) is 8.44. The number of hydrogen-bond acceptors (Lipinski definition) is 6. The molecule has 3 rings (SSSR count). The Hall–Kier alpha value is -1.93. The molecule has 0 aromatic carbocycles. The van der Waals surface area contributed by atoms with Crippen molar-refractivity contribution in [2.45, 2.75) is 37.3 Å². The number of carbonyl (C=O) groups excluding carboxylic acids is 1. The van der Waals surface area contributed by atoms with Gasteiger partial charge in [-0.3, -0.25) is 0 Å². The Kier molecular flexibility index (Phi) is 5.47. The Morgan fingerprint density at radius 1 is 1.46 bits per heavy atom. The van der Waals surface area contributed by atoms with Crippen molar-refractivity contribution in [3.8, 4) is 0 Å². The third-order valence-corrected chi connectivity index (χ3v) is 4.64. The Morgan fingerprint density at radius 2 is 2.29 bits per heavy atom. The second-order valence-corrected chi connectivity index (χ2v) is 6.45. The van der Waals surface area contributed by atoms with Crippen molar-refractivity contribution in [1.29, 1.82) is 0 Å². The lowest BCUT2D eigenvalue weighted by Gasteiger charge is -2.35. The molecule has 8 nitrogen and oxygen atoms in total. The van der Waals surface area contributed by atoms with E-state index in [-0.39, 0.29) is 18.2 Å². The maximum Gasteiger partial charge on any atom is 0.315 e. The summed E-state index contributed by atoms with van der Waals surface area (Å²) >= 11 is 0. The minimum Gasteiger partial charge on any atom is -0.391 e. The molecule has 1 saturated carbocycles. The molecule has 1 aromatic rings. The van der Waals surface area contributed by atoms with Gasteiger partial charge in [-0.15, -0.1) is 0 Å². The number of carbonyl (C=O) groups is 1. The topological polar surface area (TPSA) is 99.6 Å². The number of hydrogen-bond donors (Lipinski definition) is 3. The zero-order valence-corrected chi connectivity index (χ0v) is 13.9. The molecule has 1 aliphatic heterocycles. The summed E-state index contributed by atoms with van der Waals surface area (Å²) in [4.78, 5) is 22.5. The zero-order valence-electron chi connectivity index (χ0n) is 13.9. The molecule has 0 unspecified atom stereocenters. The molecule has 0 spiro atoms. The van der Waals surface area contributed by atoms with Crippen molar-refractivity contribution in [3.05, 3.63) is 18.1 Å². The molecule has 1 atom stereocenters. The Bertz CT molecular complexity index is 564. The van der Waals surface area contributed by atoms with Crippen LogP contribution in [0.4, 0.5) is 10.6 Å². The molecular weight excluding hydrogens is 310 g/mol. The smallest absolute Gasteiger partial charge is 0.315 e. The summed E-state index contributed by atoms with van der Waals surface area (Å²) in [7, 11) is 1.61. The summed E-state index contributed by atoms with van der Waals surface area (Å²) in [6, 6.07) is 2.05. The van der Waals surface area contributed by atoms with E-state index in [1.54, 1.807) is 13.4 Å². The third-order valence-electron chi connectivity index (χ3n) is 4.64. The number of aliphatic hydroxyl groups excluding tert-OH is 1. The number of nitrogens with zero attached hydrogens (tertiary/aromatic N) is 3. The summed E-state index contributed by atoms with van der Waals surface area (Å²) in [5.41, 5.74) is 1.01. The molecule has 24 heavy (non-hydrogen) atoms. The lowest BCUT2D eigenvalue weighted by molar-refractivity contribution is 0.192. The molecule has 2 fully saturated rings. The molecule has 2 amide bonds. The number of aromatic nitrogens is 2. The van der Waals surface area contributed by atoms with Gasteiger partial charge in [0, 0.05) is 50.5 Å². The monoisotopic (exact) mass is 335 g/mol. The van der Waals surface area contributed by atoms with Gasteiger partial charge >= 0.3 is 6.03 Å². The standard InChI is InChI=1S/C16H25N5O3/c1-24-5-3-17-16(23)20-12-6-11(7-12)14-8-15(19-10-18-14)21-4-2-13(22)9-21/h8,10-13,22H,2-7,9H2,1H3,(H2,17,20,23)/t11?,12?,13-/m1/s1. The number of ether oxygens (including phenoxy) is 1. The molecule has 0 radical (unpaired) electrons. The molecule has 0 bridgehead atoms. The highest BCUT2D eigenvalue weighted by Gasteiger charge is 2.33. The fourth-order valence-electron chi connectivity index (χ4n) is 3.19. The number of aliphatic hydroxyl groups is 1. The van der Waals surface area contributed by atoms with E-state index in [9.17, 15) is 9.90 Å². The van der Waals surface area contributed by atoms with Crippen LogP contribution in [0, 0.1) is 0 Å². The Balaban J connectivity index is 1.46. The zero-order chi connectivity index (χ0) is 16.9. The van der Waals surface area contributed by atoms with Crippen LogP contribution < -0.4 is 15.5 Å². The molecule has 2 heterocycles. The van der Waals surface area contributed by atoms with Gasteiger partial charge in [-0.25, -0.2) is 14.8 Å². The van der Waals surface area contributed by atoms with Gasteiger partial charge in [0.05, 0.1) is 12.7 Å². The minimum absolute atomic E-state index is 0.148. The molecular formula is C16H25N5O3. The van der Waals surface area contributed by atoms with E-state index in [2.05, 4.69) is 25.5 Å². The molecule has 8 heteroatoms. The summed E-state index contributed by atoms with van der Waals surface area (Å²) in [5, 5.41) is 15.4. The van der Waals surface area contributed by atoms with Crippen LogP contribution in [0.5, 0.6) is 0 Å². The molecule has 1 saturated heterocycles. The summed E-state index contributed by atoms with van der Waals surface area (Å²) in [5.74, 6) is 1.23. The number of methoxy groups -OCH3 is 1. The molecule has 2 aliphatic rings. The average Bonchev–Trinajstić information content (AvgIpc) is 2.97. The first-order valence-electron chi connectivity index (χ1n) is 8.44. The quantitative estimate of drug-likeness (QED) is 0.644. The van der Waals surface area contributed by atoms with Gasteiger partial charge in [-0.1, -0.05) is 0 Å². The van der Waals surface area contributed by atoms with Crippen LogP contribution in [0.3, 0.4) is 0 Å². The van der Waals surface area contributed by atoms with E-state index in [1.165, 1.54) is 0 Å². The van der Waals surface area contributed by atoms with Crippen molar-refractivity contribution < 1.29 is 14.6 Å². The largest absolute Gasteiger partial charge is 0.391 e. The molecule has 3 N–H and O–H groups in total. The predicted molar refractivity (Wildman–Crippen MR) is 89.0 cm³/mol. The van der Waals surface area contributed by atoms with E-state index >= 15 is 0 Å². The van der Waals surface area contributed by atoms with Gasteiger partial charge in [0.1, 0.15) is 12.1 Å². The third kappa shape index (κ3) is 4.12. The van der Waals surface area contributed by atoms with Crippen LogP contribution in [0.15, 0.2) is 12.4 Å². The fraction of sp³-hybridized carbons (Fsp3) is 0.688. The highest BCUT2D eigenvalue weighted by Crippen LogP contribution is 2.36. The second-order valence-electron chi connectivity index (χ2n) is 6.45. The van der Waals surface area contributed by atoms with Crippen LogP contribution in [-0.4, -0.2) is 66.6 Å². The number of rotatable bonds is 6. The van der Waals surface area contributed by atoms with Gasteiger partial charge in [-0.05, 0) is 19.3 Å². The molecule has 1 aromatic heterocycles. The Morgan fingerprint density at radius 3 is 3.00 bits per heavy atom. The highest BCUT2D eigenvalue weighted by molar-refractivity contribution is 5.74. The predicted octanol–water partition coefficient (Wildman–Crippen LogP) is 0.239. The van der Waals surface area contributed by atoms with E-state index in [0.29, 0.717) is 25.6 Å². The van der Waals surface area contributed by atoms with E-state index in [0.717, 1.165) is 37.3 Å². The second kappa shape index (κ2) is 7.76. The van der Waals surface area contributed by atoms with Crippen molar-refractivity contribution >= 4 is 11.8 Å². The summed E-state index contributed by atoms with van der Waals surface area (Å²) in [6.07, 6.45) is 3.88. The van der Waals surface area contributed by atoms with Crippen LogP contribution >= 0.6 is 0 Å². The van der Waals surface area contributed by atoms with E-state index < -0.39 is 0 Å². The highest BCUT2D eigenvalue weighted by atomic mass is 16.5. The number of β-amino-alcohol motifs (C(OH)–C–C–N with tert-alkyl or cyclic N) is 1. The average molecular weight is 335 g/mol. The van der Waals surface area contributed by atoms with Crippen LogP contribution in [0.1, 0.15) is 30.9 Å². The Labute approximate surface area is 141 Å². The van der Waals surface area contributed by atoms with Gasteiger partial charge in [0.25, 0.3) is 0 Å². The summed E-state index contributed by atoms with van der Waals surface area (Å²) in [6.45, 7) is 2.48. The van der Waals surface area contributed by atoms with Gasteiger partial charge < -0.3 is 25.4 Å². The number of anilines is 1. The van der Waals surface area contributed by atoms with Crippen LogP contribution in [-0.2, 0) is 4.74 Å². The van der Waals surface area contributed by atoms with Gasteiger partial charge in [0.15, 0.2) is 0 Å². The SMILES string of the molecule is COCCNC(=O)NC1CC(c2cc(N3CC[C@@H](O)C3)ncn2)C1. The van der Waals surface area contributed by atoms with Crippen LogP contribution in [0.25, 0.3) is 0 Å². The number of urea groups is 1. The molecule has 132 valence electrons. The van der Waals surface area contributed by atoms with Gasteiger partial charge in [0.2, 0.25) is 0 Å². The first-order chi connectivity index (χ1) is 11.7. The van der Waals surface area contributed by atoms with E-state index in [1.807, 2.05) is 6.07 Å². The van der Waals surface area contributed by atoms with Crippen molar-refractivity contribution in [2.24, 2.45) is 0 Å².